The molecular formula is C20H23N5O. The number of aromatic nitrogens is 3. The third-order valence-electron chi connectivity index (χ3n) is 4.63. The lowest BCUT2D eigenvalue weighted by atomic mass is 10.2. The standard InChI is InChI=1S/C20H23N5O/c1-14(2)19-23-20(26-24-19)15-8-10-21-18(12-15)22-16-9-11-25(13-16)17-6-4-3-5-7-17/h3-8,10,12,14,16H,9,11,13H2,1-2H3,(H,21,22). The first-order chi connectivity index (χ1) is 12.7. The number of anilines is 2. The van der Waals surface area contributed by atoms with Crippen LogP contribution in [0.25, 0.3) is 11.5 Å². The summed E-state index contributed by atoms with van der Waals surface area (Å²) in [7, 11) is 0. The first-order valence-corrected chi connectivity index (χ1v) is 9.05. The Morgan fingerprint density at radius 2 is 2.04 bits per heavy atom. The first kappa shape index (κ1) is 16.6. The van der Waals surface area contributed by atoms with E-state index in [0.29, 0.717) is 11.9 Å². The van der Waals surface area contributed by atoms with E-state index in [1.54, 1.807) is 6.20 Å². The first-order valence-electron chi connectivity index (χ1n) is 9.05. The number of nitrogens with zero attached hydrogens (tertiary/aromatic N) is 4. The largest absolute Gasteiger partial charge is 0.369 e. The molecule has 1 aliphatic heterocycles. The molecule has 0 amide bonds. The molecule has 0 aliphatic carbocycles. The maximum Gasteiger partial charge on any atom is 0.258 e. The molecule has 1 aromatic carbocycles. The minimum absolute atomic E-state index is 0.245. The summed E-state index contributed by atoms with van der Waals surface area (Å²) in [5, 5.41) is 7.57. The fourth-order valence-corrected chi connectivity index (χ4v) is 3.19. The SMILES string of the molecule is CC(C)c1noc(-c2ccnc(NC3CCN(c4ccccc4)C3)c2)n1. The van der Waals surface area contributed by atoms with E-state index in [1.807, 2.05) is 32.0 Å². The molecule has 2 aromatic heterocycles. The van der Waals surface area contributed by atoms with Crippen molar-refractivity contribution in [1.82, 2.24) is 15.1 Å². The van der Waals surface area contributed by atoms with E-state index < -0.39 is 0 Å². The van der Waals surface area contributed by atoms with Crippen molar-refractivity contribution in [2.24, 2.45) is 0 Å². The molecule has 26 heavy (non-hydrogen) atoms. The average Bonchev–Trinajstić information content (AvgIpc) is 3.33. The van der Waals surface area contributed by atoms with Crippen LogP contribution in [0.5, 0.6) is 0 Å². The molecule has 0 bridgehead atoms. The third kappa shape index (κ3) is 3.54. The topological polar surface area (TPSA) is 67.1 Å². The lowest BCUT2D eigenvalue weighted by molar-refractivity contribution is 0.419. The van der Waals surface area contributed by atoms with E-state index in [2.05, 4.69) is 49.6 Å². The third-order valence-corrected chi connectivity index (χ3v) is 4.63. The van der Waals surface area contributed by atoms with E-state index in [0.717, 1.165) is 36.7 Å². The summed E-state index contributed by atoms with van der Waals surface area (Å²) in [6.45, 7) is 6.11. The Bertz CT molecular complexity index is 861. The summed E-state index contributed by atoms with van der Waals surface area (Å²) in [5.41, 5.74) is 2.16. The van der Waals surface area contributed by atoms with Gasteiger partial charge in [-0.3, -0.25) is 0 Å². The highest BCUT2D eigenvalue weighted by Gasteiger charge is 2.23. The lowest BCUT2D eigenvalue weighted by Crippen LogP contribution is -2.26. The van der Waals surface area contributed by atoms with E-state index in [4.69, 9.17) is 4.52 Å². The van der Waals surface area contributed by atoms with Gasteiger partial charge in [-0.25, -0.2) is 4.98 Å². The maximum atomic E-state index is 5.39. The number of hydrogen-bond donors (Lipinski definition) is 1. The lowest BCUT2D eigenvalue weighted by Gasteiger charge is -2.19. The molecular weight excluding hydrogens is 326 g/mol. The highest BCUT2D eigenvalue weighted by Crippen LogP contribution is 2.24. The zero-order valence-corrected chi connectivity index (χ0v) is 15.1. The molecule has 1 aliphatic rings. The summed E-state index contributed by atoms with van der Waals surface area (Å²) < 4.78 is 5.39. The Hall–Kier alpha value is -2.89. The van der Waals surface area contributed by atoms with Crippen molar-refractivity contribution in [2.45, 2.75) is 32.2 Å². The number of nitrogens with one attached hydrogen (secondary N) is 1. The smallest absolute Gasteiger partial charge is 0.258 e. The van der Waals surface area contributed by atoms with Gasteiger partial charge in [0.15, 0.2) is 5.82 Å². The van der Waals surface area contributed by atoms with Gasteiger partial charge in [-0.05, 0) is 30.7 Å². The summed E-state index contributed by atoms with van der Waals surface area (Å²) in [6, 6.07) is 14.8. The van der Waals surface area contributed by atoms with Gasteiger partial charge in [0, 0.05) is 42.5 Å². The molecule has 0 radical (unpaired) electrons. The molecule has 3 heterocycles. The molecule has 1 unspecified atom stereocenters. The van der Waals surface area contributed by atoms with Crippen molar-refractivity contribution in [3.63, 3.8) is 0 Å². The van der Waals surface area contributed by atoms with Crippen LogP contribution in [0.3, 0.4) is 0 Å². The monoisotopic (exact) mass is 349 g/mol. The molecule has 134 valence electrons. The maximum absolute atomic E-state index is 5.39. The van der Waals surface area contributed by atoms with E-state index >= 15 is 0 Å². The van der Waals surface area contributed by atoms with Gasteiger partial charge in [0.25, 0.3) is 5.89 Å². The fraction of sp³-hybridized carbons (Fsp3) is 0.350. The molecule has 1 saturated heterocycles. The second-order valence-corrected chi connectivity index (χ2v) is 6.95. The van der Waals surface area contributed by atoms with Crippen molar-refractivity contribution in [1.29, 1.82) is 0 Å². The van der Waals surface area contributed by atoms with Gasteiger partial charge in [-0.1, -0.05) is 37.2 Å². The van der Waals surface area contributed by atoms with E-state index in [9.17, 15) is 0 Å². The zero-order chi connectivity index (χ0) is 17.9. The van der Waals surface area contributed by atoms with Crippen LogP contribution in [0.15, 0.2) is 53.2 Å². The number of hydrogen-bond acceptors (Lipinski definition) is 6. The number of para-hydroxylation sites is 1. The van der Waals surface area contributed by atoms with Crippen LogP contribution in [-0.4, -0.2) is 34.3 Å². The molecule has 1 fully saturated rings. The molecule has 6 nitrogen and oxygen atoms in total. The van der Waals surface area contributed by atoms with Crippen molar-refractivity contribution < 1.29 is 4.52 Å². The Labute approximate surface area is 153 Å². The summed E-state index contributed by atoms with van der Waals surface area (Å²) >= 11 is 0. The number of benzene rings is 1. The van der Waals surface area contributed by atoms with Crippen LogP contribution in [0.1, 0.15) is 32.0 Å². The van der Waals surface area contributed by atoms with Crippen LogP contribution >= 0.6 is 0 Å². The highest BCUT2D eigenvalue weighted by molar-refractivity contribution is 5.58. The molecule has 1 atom stereocenters. The summed E-state index contributed by atoms with van der Waals surface area (Å²) in [4.78, 5) is 11.3. The van der Waals surface area contributed by atoms with Crippen molar-refractivity contribution in [3.05, 3.63) is 54.5 Å². The Balaban J connectivity index is 1.44. The van der Waals surface area contributed by atoms with Gasteiger partial charge in [0.05, 0.1) is 0 Å². The van der Waals surface area contributed by atoms with Gasteiger partial charge in [-0.2, -0.15) is 4.98 Å². The van der Waals surface area contributed by atoms with Crippen molar-refractivity contribution in [3.8, 4) is 11.5 Å². The Kier molecular flexibility index (Phi) is 4.56. The van der Waals surface area contributed by atoms with Crippen LogP contribution in [0, 0.1) is 0 Å². The van der Waals surface area contributed by atoms with E-state index in [-0.39, 0.29) is 5.92 Å². The average molecular weight is 349 g/mol. The van der Waals surface area contributed by atoms with Gasteiger partial charge in [-0.15, -0.1) is 0 Å². The van der Waals surface area contributed by atoms with Crippen LogP contribution in [-0.2, 0) is 0 Å². The second-order valence-electron chi connectivity index (χ2n) is 6.95. The van der Waals surface area contributed by atoms with Gasteiger partial charge < -0.3 is 14.7 Å². The van der Waals surface area contributed by atoms with Crippen molar-refractivity contribution in [2.75, 3.05) is 23.3 Å². The predicted molar refractivity (Wildman–Crippen MR) is 102 cm³/mol. The minimum atomic E-state index is 0.245. The second kappa shape index (κ2) is 7.15. The quantitative estimate of drug-likeness (QED) is 0.752. The normalized spacial score (nSPS) is 17.0. The Morgan fingerprint density at radius 3 is 2.81 bits per heavy atom. The number of pyridine rings is 1. The van der Waals surface area contributed by atoms with Crippen LogP contribution in [0.2, 0.25) is 0 Å². The molecule has 0 saturated carbocycles. The predicted octanol–water partition coefficient (Wildman–Crippen LogP) is 3.95. The van der Waals surface area contributed by atoms with Crippen molar-refractivity contribution >= 4 is 11.5 Å². The zero-order valence-electron chi connectivity index (χ0n) is 15.1. The van der Waals surface area contributed by atoms with Gasteiger partial charge in [0.1, 0.15) is 5.82 Å². The summed E-state index contributed by atoms with van der Waals surface area (Å²) in [6.07, 6.45) is 2.86. The number of rotatable bonds is 5. The molecule has 6 heteroatoms. The highest BCUT2D eigenvalue weighted by atomic mass is 16.5. The van der Waals surface area contributed by atoms with Gasteiger partial charge >= 0.3 is 0 Å². The minimum Gasteiger partial charge on any atom is -0.369 e. The molecule has 1 N–H and O–H groups in total. The fourth-order valence-electron chi connectivity index (χ4n) is 3.19. The van der Waals surface area contributed by atoms with Gasteiger partial charge in [0.2, 0.25) is 0 Å². The van der Waals surface area contributed by atoms with Crippen LogP contribution < -0.4 is 10.2 Å². The molecule has 4 rings (SSSR count). The molecule has 3 aromatic rings. The van der Waals surface area contributed by atoms with E-state index in [1.165, 1.54) is 5.69 Å². The van der Waals surface area contributed by atoms with Crippen LogP contribution in [0.4, 0.5) is 11.5 Å². The summed E-state index contributed by atoms with van der Waals surface area (Å²) in [5.74, 6) is 2.35. The Morgan fingerprint density at radius 1 is 1.19 bits per heavy atom. The molecule has 0 spiro atoms.